The predicted molar refractivity (Wildman–Crippen MR) is 264 cm³/mol. The fourth-order valence-corrected chi connectivity index (χ4v) is 9.68. The number of rotatable bonds is 6. The summed E-state index contributed by atoms with van der Waals surface area (Å²) in [6.45, 7) is 0. The van der Waals surface area contributed by atoms with Gasteiger partial charge in [0.2, 0.25) is 0 Å². The van der Waals surface area contributed by atoms with Gasteiger partial charge in [-0.2, -0.15) is 0 Å². The van der Waals surface area contributed by atoms with Gasteiger partial charge in [-0.15, -0.1) is 0 Å². The molecule has 5 heteroatoms. The van der Waals surface area contributed by atoms with Crippen LogP contribution in [0, 0.1) is 0 Å². The summed E-state index contributed by atoms with van der Waals surface area (Å²) in [5.74, 6) is 0.679. The molecule has 64 heavy (non-hydrogen) atoms. The number of para-hydroxylation sites is 4. The van der Waals surface area contributed by atoms with Gasteiger partial charge in [-0.05, 0) is 58.3 Å². The minimum Gasteiger partial charge on any atom is -0.454 e. The highest BCUT2D eigenvalue weighted by Crippen LogP contribution is 2.42. The molecule has 0 unspecified atom stereocenters. The fourth-order valence-electron chi connectivity index (χ4n) is 9.68. The third kappa shape index (κ3) is 5.68. The summed E-state index contributed by atoms with van der Waals surface area (Å²) in [5, 5.41) is 7.88. The molecule has 5 nitrogen and oxygen atoms in total. The second-order valence-electron chi connectivity index (χ2n) is 16.3. The summed E-state index contributed by atoms with van der Waals surface area (Å²) in [7, 11) is 0. The number of hydrogen-bond acceptors (Lipinski definition) is 4. The summed E-state index contributed by atoms with van der Waals surface area (Å²) >= 11 is 0. The molecule has 0 saturated heterocycles. The Bertz CT molecular complexity index is 3900. The maximum absolute atomic E-state index is 6.40. The highest BCUT2D eigenvalue weighted by Gasteiger charge is 2.20. The summed E-state index contributed by atoms with van der Waals surface area (Å²) in [5.41, 5.74) is 14.9. The van der Waals surface area contributed by atoms with Crippen LogP contribution in [0.3, 0.4) is 0 Å². The highest BCUT2D eigenvalue weighted by atomic mass is 16.3. The van der Waals surface area contributed by atoms with Crippen LogP contribution in [0.4, 0.5) is 0 Å². The van der Waals surface area contributed by atoms with Gasteiger partial charge in [-0.3, -0.25) is 0 Å². The van der Waals surface area contributed by atoms with Crippen molar-refractivity contribution in [2.75, 3.05) is 0 Å². The Kier molecular flexibility index (Phi) is 8.15. The molecule has 0 aliphatic carbocycles. The average Bonchev–Trinajstić information content (AvgIpc) is 3.92. The van der Waals surface area contributed by atoms with Gasteiger partial charge in [0.25, 0.3) is 0 Å². The molecule has 0 N–H and O–H groups in total. The van der Waals surface area contributed by atoms with Crippen LogP contribution in [-0.2, 0) is 0 Å². The summed E-state index contributed by atoms with van der Waals surface area (Å²) < 4.78 is 8.76. The van der Waals surface area contributed by atoms with Crippen molar-refractivity contribution in [1.29, 1.82) is 0 Å². The van der Waals surface area contributed by atoms with Crippen molar-refractivity contribution < 1.29 is 4.42 Å². The lowest BCUT2D eigenvalue weighted by Gasteiger charge is -2.16. The normalized spacial score (nSPS) is 11.8. The van der Waals surface area contributed by atoms with Crippen molar-refractivity contribution in [3.63, 3.8) is 0 Å². The first-order chi connectivity index (χ1) is 31.7. The zero-order valence-electron chi connectivity index (χ0n) is 34.5. The van der Waals surface area contributed by atoms with E-state index in [2.05, 4.69) is 187 Å². The Morgan fingerprint density at radius 2 is 0.891 bits per heavy atom. The van der Waals surface area contributed by atoms with Gasteiger partial charge >= 0.3 is 0 Å². The second-order valence-corrected chi connectivity index (χ2v) is 16.3. The first-order valence-electron chi connectivity index (χ1n) is 21.6. The zero-order chi connectivity index (χ0) is 42.1. The molecule has 4 aromatic heterocycles. The standard InChI is InChI=1S/C59H36N4O/c1-2-16-39(17-3-1)59-60-50(36-51(61-59)48-24-10-14-28-54(48)63-52-26-12-8-20-43(52)44-21-9-13-27-53(44)63)38-32-30-37(31-33-38)40-34-35-46(42-19-5-4-18-41(40)42)56-45-22-6-7-23-47(45)58-57(62-56)49-25-11-15-29-55(49)64-58/h1-36H. The molecule has 13 rings (SSSR count). The van der Waals surface area contributed by atoms with E-state index in [-0.39, 0.29) is 0 Å². The molecule has 0 spiro atoms. The van der Waals surface area contributed by atoms with E-state index in [0.29, 0.717) is 5.82 Å². The maximum Gasteiger partial charge on any atom is 0.161 e. The van der Waals surface area contributed by atoms with Crippen molar-refractivity contribution in [2.45, 2.75) is 0 Å². The second kappa shape index (κ2) is 14.5. The number of benzene rings is 9. The van der Waals surface area contributed by atoms with Crippen molar-refractivity contribution in [2.24, 2.45) is 0 Å². The van der Waals surface area contributed by atoms with Gasteiger partial charge < -0.3 is 8.98 Å². The predicted octanol–water partition coefficient (Wildman–Crippen LogP) is 15.5. The maximum atomic E-state index is 6.40. The number of pyridine rings is 1. The number of nitrogens with zero attached hydrogens (tertiary/aromatic N) is 4. The Morgan fingerprint density at radius 3 is 1.64 bits per heavy atom. The topological polar surface area (TPSA) is 56.7 Å². The third-order valence-corrected chi connectivity index (χ3v) is 12.6. The lowest BCUT2D eigenvalue weighted by atomic mass is 9.91. The minimum atomic E-state index is 0.679. The Morgan fingerprint density at radius 1 is 0.344 bits per heavy atom. The first kappa shape index (κ1) is 36.0. The van der Waals surface area contributed by atoms with Crippen molar-refractivity contribution in [3.8, 4) is 62.0 Å². The van der Waals surface area contributed by atoms with E-state index in [1.807, 2.05) is 36.4 Å². The van der Waals surface area contributed by atoms with E-state index in [0.717, 1.165) is 111 Å². The summed E-state index contributed by atoms with van der Waals surface area (Å²) in [6.07, 6.45) is 0. The van der Waals surface area contributed by atoms with Crippen LogP contribution in [0.1, 0.15) is 0 Å². The van der Waals surface area contributed by atoms with E-state index in [1.54, 1.807) is 0 Å². The smallest absolute Gasteiger partial charge is 0.161 e. The van der Waals surface area contributed by atoms with Gasteiger partial charge in [0, 0.05) is 49.2 Å². The van der Waals surface area contributed by atoms with Crippen LogP contribution in [0.15, 0.2) is 223 Å². The van der Waals surface area contributed by atoms with Crippen molar-refractivity contribution >= 4 is 65.4 Å². The molecule has 9 aromatic carbocycles. The molecule has 0 bridgehead atoms. The third-order valence-electron chi connectivity index (χ3n) is 12.6. The van der Waals surface area contributed by atoms with Crippen molar-refractivity contribution in [1.82, 2.24) is 19.5 Å². The molecule has 0 fully saturated rings. The van der Waals surface area contributed by atoms with Crippen molar-refractivity contribution in [3.05, 3.63) is 218 Å². The molecular weight excluding hydrogens is 781 g/mol. The summed E-state index contributed by atoms with van der Waals surface area (Å²) in [4.78, 5) is 15.9. The molecule has 0 aliphatic heterocycles. The minimum absolute atomic E-state index is 0.679. The number of fused-ring (bicyclic) bond motifs is 9. The number of furan rings is 1. The van der Waals surface area contributed by atoms with E-state index in [9.17, 15) is 0 Å². The van der Waals surface area contributed by atoms with E-state index in [4.69, 9.17) is 19.4 Å². The zero-order valence-corrected chi connectivity index (χ0v) is 34.5. The van der Waals surface area contributed by atoms with Crippen LogP contribution in [0.5, 0.6) is 0 Å². The van der Waals surface area contributed by atoms with Gasteiger partial charge in [0.1, 0.15) is 11.1 Å². The van der Waals surface area contributed by atoms with Crippen LogP contribution >= 0.6 is 0 Å². The van der Waals surface area contributed by atoms with Gasteiger partial charge in [0.15, 0.2) is 11.4 Å². The van der Waals surface area contributed by atoms with E-state index < -0.39 is 0 Å². The monoisotopic (exact) mass is 816 g/mol. The molecular formula is C59H36N4O. The highest BCUT2D eigenvalue weighted by molar-refractivity contribution is 6.18. The molecule has 0 atom stereocenters. The van der Waals surface area contributed by atoms with Crippen LogP contribution in [-0.4, -0.2) is 19.5 Å². The Labute approximate surface area is 368 Å². The van der Waals surface area contributed by atoms with E-state index >= 15 is 0 Å². The van der Waals surface area contributed by atoms with E-state index in [1.165, 1.54) is 10.8 Å². The summed E-state index contributed by atoms with van der Waals surface area (Å²) in [6, 6.07) is 76.7. The average molecular weight is 817 g/mol. The first-order valence-corrected chi connectivity index (χ1v) is 21.6. The SMILES string of the molecule is c1ccc(-c2nc(-c3ccc(-c4ccc(-c5nc6c7ccccc7oc6c6ccccc56)c5ccccc45)cc3)cc(-c3ccccc3-n3c4ccccc4c4ccccc43)n2)cc1. The molecule has 0 aliphatic rings. The van der Waals surface area contributed by atoms with Crippen LogP contribution < -0.4 is 0 Å². The molecule has 4 heterocycles. The van der Waals surface area contributed by atoms with Gasteiger partial charge in [-0.25, -0.2) is 15.0 Å². The van der Waals surface area contributed by atoms with Crippen LogP contribution in [0.2, 0.25) is 0 Å². The lowest BCUT2D eigenvalue weighted by molar-refractivity contribution is 0.672. The molecule has 0 radical (unpaired) electrons. The largest absolute Gasteiger partial charge is 0.454 e. The number of aromatic nitrogens is 4. The Balaban J connectivity index is 0.938. The number of hydrogen-bond donors (Lipinski definition) is 0. The van der Waals surface area contributed by atoms with Gasteiger partial charge in [0.05, 0.1) is 33.8 Å². The molecule has 0 saturated carbocycles. The quantitative estimate of drug-likeness (QED) is 0.168. The molecule has 0 amide bonds. The Hall–Kier alpha value is -8.67. The molecule has 298 valence electrons. The lowest BCUT2D eigenvalue weighted by Crippen LogP contribution is -2.00. The fraction of sp³-hybridized carbons (Fsp3) is 0. The van der Waals surface area contributed by atoms with Crippen LogP contribution in [0.25, 0.3) is 127 Å². The van der Waals surface area contributed by atoms with Gasteiger partial charge in [-0.1, -0.05) is 182 Å². The molecule has 13 aromatic rings.